The van der Waals surface area contributed by atoms with Gasteiger partial charge in [0.05, 0.1) is 0 Å². The summed E-state index contributed by atoms with van der Waals surface area (Å²) in [5.74, 6) is 0. The number of nitrogens with one attached hydrogen (secondary N) is 1. The SMILES string of the molecule is CSc1ccc(CN[C@H](C)c2ccc(Cl)cc2)cc1. The highest BCUT2D eigenvalue weighted by molar-refractivity contribution is 7.98. The molecule has 0 heterocycles. The molecule has 0 amide bonds. The second kappa shape index (κ2) is 6.99. The van der Waals surface area contributed by atoms with Gasteiger partial charge in [-0.2, -0.15) is 0 Å². The Hall–Kier alpha value is -0.960. The van der Waals surface area contributed by atoms with E-state index in [4.69, 9.17) is 11.6 Å². The summed E-state index contributed by atoms with van der Waals surface area (Å²) in [5.41, 5.74) is 2.56. The molecule has 2 aromatic carbocycles. The first-order chi connectivity index (χ1) is 9.19. The lowest BCUT2D eigenvalue weighted by molar-refractivity contribution is 0.574. The molecule has 2 rings (SSSR count). The summed E-state index contributed by atoms with van der Waals surface area (Å²) in [6, 6.07) is 17.0. The van der Waals surface area contributed by atoms with Crippen molar-refractivity contribution in [1.82, 2.24) is 5.32 Å². The van der Waals surface area contributed by atoms with Crippen molar-refractivity contribution < 1.29 is 0 Å². The normalized spacial score (nSPS) is 12.4. The molecule has 0 fully saturated rings. The van der Waals surface area contributed by atoms with Crippen LogP contribution in [0.3, 0.4) is 0 Å². The van der Waals surface area contributed by atoms with E-state index in [1.54, 1.807) is 11.8 Å². The van der Waals surface area contributed by atoms with E-state index in [2.05, 4.69) is 54.9 Å². The average Bonchev–Trinajstić information content (AvgIpc) is 2.46. The van der Waals surface area contributed by atoms with Crippen LogP contribution in [0.4, 0.5) is 0 Å². The highest BCUT2D eigenvalue weighted by atomic mass is 35.5. The predicted octanol–water partition coefficient (Wildman–Crippen LogP) is 4.91. The quantitative estimate of drug-likeness (QED) is 0.785. The summed E-state index contributed by atoms with van der Waals surface area (Å²) in [5, 5.41) is 4.30. The van der Waals surface area contributed by atoms with Crippen LogP contribution < -0.4 is 5.32 Å². The van der Waals surface area contributed by atoms with Gasteiger partial charge in [0, 0.05) is 22.5 Å². The van der Waals surface area contributed by atoms with E-state index in [-0.39, 0.29) is 0 Å². The lowest BCUT2D eigenvalue weighted by atomic mass is 10.1. The van der Waals surface area contributed by atoms with Crippen molar-refractivity contribution in [3.63, 3.8) is 0 Å². The summed E-state index contributed by atoms with van der Waals surface area (Å²) >= 11 is 7.66. The first-order valence-corrected chi connectivity index (χ1v) is 7.91. The minimum absolute atomic E-state index is 0.317. The largest absolute Gasteiger partial charge is 0.306 e. The summed E-state index contributed by atoms with van der Waals surface area (Å²) in [6.07, 6.45) is 2.09. The second-order valence-electron chi connectivity index (χ2n) is 4.50. The molecule has 0 aliphatic heterocycles. The van der Waals surface area contributed by atoms with E-state index in [9.17, 15) is 0 Å². The van der Waals surface area contributed by atoms with Gasteiger partial charge in [0.15, 0.2) is 0 Å². The van der Waals surface area contributed by atoms with Crippen molar-refractivity contribution in [3.05, 3.63) is 64.7 Å². The third-order valence-electron chi connectivity index (χ3n) is 3.14. The maximum absolute atomic E-state index is 5.90. The van der Waals surface area contributed by atoms with Gasteiger partial charge >= 0.3 is 0 Å². The Morgan fingerprint density at radius 2 is 1.68 bits per heavy atom. The van der Waals surface area contributed by atoms with E-state index < -0.39 is 0 Å². The molecule has 0 spiro atoms. The van der Waals surface area contributed by atoms with Crippen molar-refractivity contribution in [2.24, 2.45) is 0 Å². The minimum Gasteiger partial charge on any atom is -0.306 e. The molecule has 0 radical (unpaired) electrons. The fourth-order valence-electron chi connectivity index (χ4n) is 1.88. The van der Waals surface area contributed by atoms with Crippen LogP contribution in [0.5, 0.6) is 0 Å². The van der Waals surface area contributed by atoms with Crippen LogP contribution >= 0.6 is 23.4 Å². The Bertz CT molecular complexity index is 507. The van der Waals surface area contributed by atoms with Crippen LogP contribution in [0.15, 0.2) is 53.4 Å². The van der Waals surface area contributed by atoms with E-state index >= 15 is 0 Å². The van der Waals surface area contributed by atoms with Crippen LogP contribution in [0.1, 0.15) is 24.1 Å². The van der Waals surface area contributed by atoms with Crippen molar-refractivity contribution in [2.45, 2.75) is 24.4 Å². The van der Waals surface area contributed by atoms with Crippen molar-refractivity contribution in [3.8, 4) is 0 Å². The van der Waals surface area contributed by atoms with E-state index in [1.165, 1.54) is 16.0 Å². The molecule has 1 N–H and O–H groups in total. The Labute approximate surface area is 124 Å². The highest BCUT2D eigenvalue weighted by Crippen LogP contribution is 2.18. The molecule has 0 aliphatic carbocycles. The lowest BCUT2D eigenvalue weighted by Gasteiger charge is -2.14. The summed E-state index contributed by atoms with van der Waals surface area (Å²) in [6.45, 7) is 3.04. The van der Waals surface area contributed by atoms with Gasteiger partial charge in [-0.15, -0.1) is 11.8 Å². The first-order valence-electron chi connectivity index (χ1n) is 6.31. The monoisotopic (exact) mass is 291 g/mol. The average molecular weight is 292 g/mol. The molecule has 3 heteroatoms. The third-order valence-corrected chi connectivity index (χ3v) is 4.14. The zero-order chi connectivity index (χ0) is 13.7. The molecule has 0 saturated carbocycles. The molecule has 0 unspecified atom stereocenters. The standard InChI is InChI=1S/C16H18ClNS/c1-12(14-5-7-15(17)8-6-14)18-11-13-3-9-16(19-2)10-4-13/h3-10,12,18H,11H2,1-2H3/t12-/m1/s1. The number of halogens is 1. The molecule has 0 bridgehead atoms. The summed E-state index contributed by atoms with van der Waals surface area (Å²) < 4.78 is 0. The fourth-order valence-corrected chi connectivity index (χ4v) is 2.42. The number of benzene rings is 2. The van der Waals surface area contributed by atoms with Gasteiger partial charge < -0.3 is 5.32 Å². The Morgan fingerprint density at radius 1 is 1.05 bits per heavy atom. The van der Waals surface area contributed by atoms with Gasteiger partial charge in [-0.1, -0.05) is 35.9 Å². The Morgan fingerprint density at radius 3 is 2.26 bits per heavy atom. The summed E-state index contributed by atoms with van der Waals surface area (Å²) in [4.78, 5) is 1.30. The molecule has 0 aromatic heterocycles. The summed E-state index contributed by atoms with van der Waals surface area (Å²) in [7, 11) is 0. The Kier molecular flexibility index (Phi) is 5.32. The molecule has 1 atom stereocenters. The smallest absolute Gasteiger partial charge is 0.0406 e. The van der Waals surface area contributed by atoms with Gasteiger partial charge in [-0.3, -0.25) is 0 Å². The fraction of sp³-hybridized carbons (Fsp3) is 0.250. The van der Waals surface area contributed by atoms with Crippen molar-refractivity contribution >= 4 is 23.4 Å². The molecular formula is C16H18ClNS. The zero-order valence-electron chi connectivity index (χ0n) is 11.2. The van der Waals surface area contributed by atoms with Crippen LogP contribution in [0, 0.1) is 0 Å². The van der Waals surface area contributed by atoms with Gasteiger partial charge in [0.1, 0.15) is 0 Å². The van der Waals surface area contributed by atoms with Gasteiger partial charge in [-0.05, 0) is 48.6 Å². The first kappa shape index (κ1) is 14.4. The zero-order valence-corrected chi connectivity index (χ0v) is 12.8. The maximum atomic E-state index is 5.90. The second-order valence-corrected chi connectivity index (χ2v) is 5.82. The highest BCUT2D eigenvalue weighted by Gasteiger charge is 2.04. The van der Waals surface area contributed by atoms with Crippen molar-refractivity contribution in [2.75, 3.05) is 6.26 Å². The van der Waals surface area contributed by atoms with Gasteiger partial charge in [0.25, 0.3) is 0 Å². The minimum atomic E-state index is 0.317. The Balaban J connectivity index is 1.92. The number of thioether (sulfide) groups is 1. The number of hydrogen-bond acceptors (Lipinski definition) is 2. The molecule has 100 valence electrons. The van der Waals surface area contributed by atoms with Crippen LogP contribution in [-0.4, -0.2) is 6.26 Å². The predicted molar refractivity (Wildman–Crippen MR) is 84.9 cm³/mol. The van der Waals surface area contributed by atoms with E-state index in [1.807, 2.05) is 12.1 Å². The van der Waals surface area contributed by atoms with Crippen LogP contribution in [-0.2, 0) is 6.54 Å². The van der Waals surface area contributed by atoms with Gasteiger partial charge in [0.2, 0.25) is 0 Å². The maximum Gasteiger partial charge on any atom is 0.0406 e. The molecule has 0 saturated heterocycles. The molecular weight excluding hydrogens is 274 g/mol. The third kappa shape index (κ3) is 4.27. The van der Waals surface area contributed by atoms with Crippen LogP contribution in [0.2, 0.25) is 5.02 Å². The molecule has 0 aliphatic rings. The molecule has 19 heavy (non-hydrogen) atoms. The number of rotatable bonds is 5. The topological polar surface area (TPSA) is 12.0 Å². The number of hydrogen-bond donors (Lipinski definition) is 1. The van der Waals surface area contributed by atoms with E-state index in [0.717, 1.165) is 11.6 Å². The van der Waals surface area contributed by atoms with Crippen molar-refractivity contribution in [1.29, 1.82) is 0 Å². The molecule has 1 nitrogen and oxygen atoms in total. The lowest BCUT2D eigenvalue weighted by Crippen LogP contribution is -2.17. The molecule has 2 aromatic rings. The van der Waals surface area contributed by atoms with E-state index in [0.29, 0.717) is 6.04 Å². The van der Waals surface area contributed by atoms with Crippen LogP contribution in [0.25, 0.3) is 0 Å². The van der Waals surface area contributed by atoms with Gasteiger partial charge in [-0.25, -0.2) is 0 Å².